The van der Waals surface area contributed by atoms with Crippen molar-refractivity contribution >= 4 is 12.0 Å². The van der Waals surface area contributed by atoms with E-state index in [0.29, 0.717) is 6.01 Å². The summed E-state index contributed by atoms with van der Waals surface area (Å²) in [6.07, 6.45) is 4.17. The fourth-order valence-corrected chi connectivity index (χ4v) is 4.85. The van der Waals surface area contributed by atoms with Crippen molar-refractivity contribution < 1.29 is 27.6 Å². The molecule has 0 amide bonds. The first-order chi connectivity index (χ1) is 14.7. The van der Waals surface area contributed by atoms with Crippen LogP contribution in [0, 0.1) is 12.8 Å². The Morgan fingerprint density at radius 2 is 1.81 bits per heavy atom. The van der Waals surface area contributed by atoms with Crippen molar-refractivity contribution in [3.8, 4) is 0 Å². The number of carbonyl (C=O) groups is 1. The molecule has 0 radical (unpaired) electrons. The van der Waals surface area contributed by atoms with Crippen LogP contribution in [0.2, 0.25) is 0 Å². The number of carboxylic acids is 1. The minimum Gasteiger partial charge on any atom is -0.475 e. The molecule has 3 aliphatic heterocycles. The zero-order valence-electron chi connectivity index (χ0n) is 17.9. The number of rotatable bonds is 3. The normalized spacial score (nSPS) is 26.3. The first-order valence-electron chi connectivity index (χ1n) is 11.1. The van der Waals surface area contributed by atoms with Gasteiger partial charge in [0.2, 0.25) is 0 Å². The van der Waals surface area contributed by atoms with E-state index in [4.69, 9.17) is 14.4 Å². The molecule has 0 spiro atoms. The van der Waals surface area contributed by atoms with Crippen LogP contribution in [0.15, 0.2) is 4.52 Å². The van der Waals surface area contributed by atoms with Crippen LogP contribution in [0.3, 0.4) is 0 Å². The van der Waals surface area contributed by atoms with Gasteiger partial charge in [0.25, 0.3) is 0 Å². The predicted molar refractivity (Wildman–Crippen MR) is 108 cm³/mol. The molecule has 2 atom stereocenters. The summed E-state index contributed by atoms with van der Waals surface area (Å²) < 4.78 is 37.1. The van der Waals surface area contributed by atoms with Gasteiger partial charge in [-0.05, 0) is 77.4 Å². The van der Waals surface area contributed by atoms with Crippen LogP contribution in [0.4, 0.5) is 19.2 Å². The molecule has 31 heavy (non-hydrogen) atoms. The molecule has 4 heterocycles. The fourth-order valence-electron chi connectivity index (χ4n) is 4.85. The van der Waals surface area contributed by atoms with Crippen molar-refractivity contribution in [2.45, 2.75) is 70.1 Å². The number of aromatic nitrogens is 2. The Balaban J connectivity index is 0.000000339. The third kappa shape index (κ3) is 6.80. The summed E-state index contributed by atoms with van der Waals surface area (Å²) in [5, 5.41) is 14.8. The van der Waals surface area contributed by atoms with E-state index in [1.165, 1.54) is 64.6 Å². The van der Waals surface area contributed by atoms with Gasteiger partial charge in [-0.3, -0.25) is 0 Å². The van der Waals surface area contributed by atoms with Crippen LogP contribution < -0.4 is 10.2 Å². The quantitative estimate of drug-likeness (QED) is 0.731. The van der Waals surface area contributed by atoms with Crippen LogP contribution >= 0.6 is 0 Å². The number of nitrogens with zero attached hydrogens (tertiary/aromatic N) is 4. The van der Waals surface area contributed by atoms with Gasteiger partial charge in [0.1, 0.15) is 0 Å². The Hall–Kier alpha value is -1.88. The van der Waals surface area contributed by atoms with E-state index in [1.54, 1.807) is 0 Å². The Morgan fingerprint density at radius 3 is 2.35 bits per heavy atom. The summed E-state index contributed by atoms with van der Waals surface area (Å²) in [4.78, 5) is 18.3. The molecule has 0 bridgehead atoms. The SMILES string of the molecule is Cc1noc(N2CCCC(N3CCC([C@@H]4CCCN4)CC3)CC2)n1.O=C(O)C(F)(F)F. The first-order valence-corrected chi connectivity index (χ1v) is 11.1. The molecule has 0 saturated carbocycles. The summed E-state index contributed by atoms with van der Waals surface area (Å²) in [5.74, 6) is -1.12. The highest BCUT2D eigenvalue weighted by molar-refractivity contribution is 5.73. The second kappa shape index (κ2) is 10.6. The van der Waals surface area contributed by atoms with E-state index in [9.17, 15) is 13.2 Å². The fraction of sp³-hybridized carbons (Fsp3) is 0.850. The smallest absolute Gasteiger partial charge is 0.475 e. The molecule has 3 saturated heterocycles. The van der Waals surface area contributed by atoms with Crippen LogP contribution in [0.25, 0.3) is 0 Å². The minimum absolute atomic E-state index is 0.708. The van der Waals surface area contributed by atoms with Gasteiger partial charge in [0.15, 0.2) is 5.82 Å². The number of aryl methyl sites for hydroxylation is 1. The molecule has 11 heteroatoms. The van der Waals surface area contributed by atoms with Crippen molar-refractivity contribution in [3.05, 3.63) is 5.82 Å². The monoisotopic (exact) mass is 447 g/mol. The van der Waals surface area contributed by atoms with Gasteiger partial charge in [0, 0.05) is 25.2 Å². The van der Waals surface area contributed by atoms with Crippen LogP contribution in [0.1, 0.15) is 50.8 Å². The number of anilines is 1. The Labute approximate surface area is 180 Å². The Bertz CT molecular complexity index is 700. The summed E-state index contributed by atoms with van der Waals surface area (Å²) in [6, 6.07) is 2.24. The average molecular weight is 448 g/mol. The van der Waals surface area contributed by atoms with Gasteiger partial charge >= 0.3 is 18.2 Å². The van der Waals surface area contributed by atoms with Gasteiger partial charge in [0.05, 0.1) is 0 Å². The predicted octanol–water partition coefficient (Wildman–Crippen LogP) is 2.83. The van der Waals surface area contributed by atoms with Crippen molar-refractivity contribution in [1.29, 1.82) is 0 Å². The van der Waals surface area contributed by atoms with E-state index < -0.39 is 12.1 Å². The largest absolute Gasteiger partial charge is 0.490 e. The summed E-state index contributed by atoms with van der Waals surface area (Å²) >= 11 is 0. The van der Waals surface area contributed by atoms with Crippen molar-refractivity contribution in [2.24, 2.45) is 5.92 Å². The number of piperidine rings is 1. The van der Waals surface area contributed by atoms with E-state index in [-0.39, 0.29) is 0 Å². The highest BCUT2D eigenvalue weighted by atomic mass is 19.4. The topological polar surface area (TPSA) is 94.7 Å². The lowest BCUT2D eigenvalue weighted by Crippen LogP contribution is -2.45. The van der Waals surface area contributed by atoms with E-state index in [1.807, 2.05) is 6.92 Å². The molecule has 1 aromatic heterocycles. The van der Waals surface area contributed by atoms with Gasteiger partial charge in [-0.2, -0.15) is 18.2 Å². The maximum Gasteiger partial charge on any atom is 0.490 e. The molecule has 3 aliphatic rings. The van der Waals surface area contributed by atoms with Gasteiger partial charge < -0.3 is 24.7 Å². The van der Waals surface area contributed by atoms with Crippen LogP contribution in [-0.2, 0) is 4.79 Å². The second-order valence-electron chi connectivity index (χ2n) is 8.58. The molecule has 4 rings (SSSR count). The maximum atomic E-state index is 10.6. The lowest BCUT2D eigenvalue weighted by Gasteiger charge is -2.39. The highest BCUT2D eigenvalue weighted by Crippen LogP contribution is 2.29. The highest BCUT2D eigenvalue weighted by Gasteiger charge is 2.38. The Morgan fingerprint density at radius 1 is 1.10 bits per heavy atom. The number of hydrogen-bond acceptors (Lipinski definition) is 7. The molecule has 1 aromatic rings. The van der Waals surface area contributed by atoms with Crippen molar-refractivity contribution in [3.63, 3.8) is 0 Å². The third-order valence-electron chi connectivity index (χ3n) is 6.49. The van der Waals surface area contributed by atoms with Crippen LogP contribution in [0.5, 0.6) is 0 Å². The van der Waals surface area contributed by atoms with Crippen molar-refractivity contribution in [2.75, 3.05) is 37.6 Å². The number of nitrogens with one attached hydrogen (secondary N) is 1. The molecule has 0 aromatic carbocycles. The van der Waals surface area contributed by atoms with Crippen molar-refractivity contribution in [1.82, 2.24) is 20.4 Å². The summed E-state index contributed by atoms with van der Waals surface area (Å²) in [5.41, 5.74) is 0. The number of halogens is 3. The zero-order valence-corrected chi connectivity index (χ0v) is 17.9. The van der Waals surface area contributed by atoms with Gasteiger partial charge in [-0.25, -0.2) is 4.79 Å². The zero-order chi connectivity index (χ0) is 22.4. The number of aliphatic carboxylic acids is 1. The molecule has 0 aliphatic carbocycles. The Kier molecular flexibility index (Phi) is 8.15. The lowest BCUT2D eigenvalue weighted by molar-refractivity contribution is -0.192. The average Bonchev–Trinajstić information content (AvgIpc) is 3.35. The maximum absolute atomic E-state index is 10.6. The van der Waals surface area contributed by atoms with E-state index >= 15 is 0 Å². The first kappa shape index (κ1) is 23.8. The van der Waals surface area contributed by atoms with E-state index in [0.717, 1.165) is 36.9 Å². The number of likely N-dealkylation sites (tertiary alicyclic amines) is 1. The van der Waals surface area contributed by atoms with E-state index in [2.05, 4.69) is 25.3 Å². The third-order valence-corrected chi connectivity index (χ3v) is 6.49. The molecule has 3 fully saturated rings. The number of alkyl halides is 3. The molecular formula is C20H32F3N5O3. The lowest BCUT2D eigenvalue weighted by atomic mass is 9.87. The molecular weight excluding hydrogens is 415 g/mol. The molecule has 2 N–H and O–H groups in total. The molecule has 8 nitrogen and oxygen atoms in total. The summed E-state index contributed by atoms with van der Waals surface area (Å²) in [7, 11) is 0. The minimum atomic E-state index is -5.08. The van der Waals surface area contributed by atoms with Crippen LogP contribution in [-0.4, -0.2) is 77.1 Å². The standard InChI is InChI=1S/C18H31N5O.C2HF3O2/c1-14-20-18(24-21-14)23-10-3-4-16(8-13-23)22-11-6-15(7-12-22)17-5-2-9-19-17;3-2(4,5)1(6)7/h15-17,19H,2-13H2,1H3;(H,6,7)/t16?,17-;/m0./s1. The number of hydrogen-bond donors (Lipinski definition) is 2. The number of carboxylic acid groups (broad SMARTS) is 1. The molecule has 176 valence electrons. The second-order valence-corrected chi connectivity index (χ2v) is 8.58. The molecule has 1 unspecified atom stereocenters. The summed E-state index contributed by atoms with van der Waals surface area (Å²) in [6.45, 7) is 7.77. The van der Waals surface area contributed by atoms with Gasteiger partial charge in [-0.15, -0.1) is 0 Å². The van der Waals surface area contributed by atoms with Gasteiger partial charge in [-0.1, -0.05) is 5.16 Å².